The fourth-order valence-corrected chi connectivity index (χ4v) is 3.49. The van der Waals surface area contributed by atoms with Gasteiger partial charge in [-0.2, -0.15) is 5.26 Å². The first-order valence-corrected chi connectivity index (χ1v) is 9.40. The zero-order valence-corrected chi connectivity index (χ0v) is 17.1. The summed E-state index contributed by atoms with van der Waals surface area (Å²) >= 11 is 0. The van der Waals surface area contributed by atoms with Crippen molar-refractivity contribution < 1.29 is 4.79 Å². The molecular weight excluding hydrogens is 362 g/mol. The van der Waals surface area contributed by atoms with E-state index in [0.717, 1.165) is 33.4 Å². The largest absolute Gasteiger partial charge is 0.321 e. The van der Waals surface area contributed by atoms with Crippen LogP contribution in [-0.4, -0.2) is 20.7 Å². The molecule has 0 unspecified atom stereocenters. The van der Waals surface area contributed by atoms with Crippen molar-refractivity contribution >= 4 is 33.1 Å². The van der Waals surface area contributed by atoms with Gasteiger partial charge in [-0.1, -0.05) is 30.3 Å². The quantitative estimate of drug-likeness (QED) is 0.424. The number of carbonyl (C=O) groups excluding carboxylic acids is 1. The van der Waals surface area contributed by atoms with E-state index < -0.39 is 5.91 Å². The van der Waals surface area contributed by atoms with E-state index in [2.05, 4.69) is 20.1 Å². The number of nitrogens with zero attached hydrogens (tertiary/aromatic N) is 2. The minimum absolute atomic E-state index is 0.0633. The van der Waals surface area contributed by atoms with Gasteiger partial charge in [0.05, 0.1) is 10.2 Å². The lowest BCUT2D eigenvalue weighted by Gasteiger charge is -2.12. The number of anilines is 1. The summed E-state index contributed by atoms with van der Waals surface area (Å²) < 4.78 is 2.10. The summed E-state index contributed by atoms with van der Waals surface area (Å²) in [5.41, 5.74) is 5.60. The first-order valence-electron chi connectivity index (χ1n) is 8.90. The maximum Gasteiger partial charge on any atom is 0.266 e. The predicted octanol–water partition coefficient (Wildman–Crippen LogP) is 3.74. The summed E-state index contributed by atoms with van der Waals surface area (Å²) in [4.78, 5) is 12.6. The SMILES string of the molecule is Cc1cccc(NC(=O)/C(C#N)=C\c2cc(C)n(-c3ccccc3[Si])c2C)c1. The first-order chi connectivity index (χ1) is 13.4. The van der Waals surface area contributed by atoms with Crippen LogP contribution in [0.15, 0.2) is 60.2 Å². The Bertz CT molecular complexity index is 1120. The molecule has 0 bridgehead atoms. The van der Waals surface area contributed by atoms with Crippen LogP contribution in [0, 0.1) is 32.1 Å². The molecule has 0 atom stereocenters. The van der Waals surface area contributed by atoms with E-state index in [4.69, 9.17) is 0 Å². The molecule has 4 nitrogen and oxygen atoms in total. The van der Waals surface area contributed by atoms with Gasteiger partial charge >= 0.3 is 0 Å². The predicted molar refractivity (Wildman–Crippen MR) is 114 cm³/mol. The van der Waals surface area contributed by atoms with Gasteiger partial charge in [0.25, 0.3) is 5.91 Å². The van der Waals surface area contributed by atoms with Crippen molar-refractivity contribution in [2.45, 2.75) is 20.8 Å². The Balaban J connectivity index is 1.95. The Morgan fingerprint density at radius 3 is 2.54 bits per heavy atom. The summed E-state index contributed by atoms with van der Waals surface area (Å²) in [7, 11) is 3.64. The van der Waals surface area contributed by atoms with E-state index in [1.54, 1.807) is 12.1 Å². The molecule has 2 aromatic carbocycles. The van der Waals surface area contributed by atoms with Gasteiger partial charge in [0, 0.05) is 22.8 Å². The Morgan fingerprint density at radius 2 is 1.86 bits per heavy atom. The fourth-order valence-electron chi connectivity index (χ4n) is 3.20. The normalized spacial score (nSPS) is 11.2. The highest BCUT2D eigenvalue weighted by atomic mass is 28.1. The average Bonchev–Trinajstić information content (AvgIpc) is 2.93. The molecule has 0 aliphatic heterocycles. The number of carbonyl (C=O) groups is 1. The van der Waals surface area contributed by atoms with Gasteiger partial charge in [-0.25, -0.2) is 0 Å². The van der Waals surface area contributed by atoms with Gasteiger partial charge < -0.3 is 9.88 Å². The molecule has 5 heteroatoms. The summed E-state index contributed by atoms with van der Waals surface area (Å²) in [6.07, 6.45) is 1.64. The van der Waals surface area contributed by atoms with Crippen LogP contribution in [0.2, 0.25) is 0 Å². The molecule has 1 aromatic heterocycles. The fraction of sp³-hybridized carbons (Fsp3) is 0.130. The summed E-state index contributed by atoms with van der Waals surface area (Å²) in [6.45, 7) is 5.93. The molecule has 3 aromatic rings. The zero-order valence-electron chi connectivity index (χ0n) is 16.1. The molecule has 1 heterocycles. The third-order valence-electron chi connectivity index (χ3n) is 4.56. The molecule has 1 N–H and O–H groups in total. The molecule has 0 fully saturated rings. The molecule has 0 spiro atoms. The van der Waals surface area contributed by atoms with Crippen LogP contribution < -0.4 is 10.5 Å². The molecule has 0 aliphatic rings. The van der Waals surface area contributed by atoms with Crippen LogP contribution in [0.3, 0.4) is 0 Å². The smallest absolute Gasteiger partial charge is 0.266 e. The lowest BCUT2D eigenvalue weighted by atomic mass is 10.1. The Morgan fingerprint density at radius 1 is 1.11 bits per heavy atom. The standard InChI is InChI=1S/C23H20N3OSi/c1-15-7-6-8-20(11-15)25-23(27)19(14-24)13-18-12-16(2)26(17(18)3)21-9-4-5-10-22(21)28/h4-13H,1-3H3,(H,25,27)/b19-13-. The van der Waals surface area contributed by atoms with Crippen molar-refractivity contribution in [2.75, 3.05) is 5.32 Å². The van der Waals surface area contributed by atoms with Crippen LogP contribution in [0.4, 0.5) is 5.69 Å². The minimum atomic E-state index is -0.418. The second-order valence-corrected chi connectivity index (χ2v) is 7.21. The number of para-hydroxylation sites is 1. The van der Waals surface area contributed by atoms with Crippen molar-refractivity contribution in [2.24, 2.45) is 0 Å². The average molecular weight is 383 g/mol. The molecule has 0 saturated heterocycles. The van der Waals surface area contributed by atoms with E-state index in [1.165, 1.54) is 0 Å². The first kappa shape index (κ1) is 19.4. The number of nitriles is 1. The molecule has 28 heavy (non-hydrogen) atoms. The van der Waals surface area contributed by atoms with Crippen LogP contribution in [0.1, 0.15) is 22.5 Å². The molecule has 3 radical (unpaired) electrons. The lowest BCUT2D eigenvalue weighted by Crippen LogP contribution is -2.14. The second kappa shape index (κ2) is 8.11. The number of hydrogen-bond donors (Lipinski definition) is 1. The number of aromatic nitrogens is 1. The van der Waals surface area contributed by atoms with E-state index in [9.17, 15) is 10.1 Å². The summed E-state index contributed by atoms with van der Waals surface area (Å²) in [6, 6.07) is 19.4. The van der Waals surface area contributed by atoms with Gasteiger partial charge in [0.1, 0.15) is 11.6 Å². The highest BCUT2D eigenvalue weighted by Crippen LogP contribution is 2.22. The number of rotatable bonds is 4. The van der Waals surface area contributed by atoms with Crippen molar-refractivity contribution in [1.82, 2.24) is 4.57 Å². The van der Waals surface area contributed by atoms with E-state index >= 15 is 0 Å². The molecular formula is C23H20N3OSi. The van der Waals surface area contributed by atoms with E-state index in [-0.39, 0.29) is 5.57 Å². The van der Waals surface area contributed by atoms with E-state index in [0.29, 0.717) is 5.69 Å². The highest BCUT2D eigenvalue weighted by molar-refractivity contribution is 6.34. The zero-order chi connectivity index (χ0) is 20.3. The second-order valence-electron chi connectivity index (χ2n) is 6.67. The number of hydrogen-bond acceptors (Lipinski definition) is 2. The van der Waals surface area contributed by atoms with Crippen molar-refractivity contribution in [3.63, 3.8) is 0 Å². The topological polar surface area (TPSA) is 57.8 Å². The number of amides is 1. The van der Waals surface area contributed by atoms with Crippen molar-refractivity contribution in [3.05, 3.63) is 82.7 Å². The molecule has 137 valence electrons. The summed E-state index contributed by atoms with van der Waals surface area (Å²) in [5, 5.41) is 13.3. The monoisotopic (exact) mass is 382 g/mol. The minimum Gasteiger partial charge on any atom is -0.321 e. The molecule has 3 rings (SSSR count). The van der Waals surface area contributed by atoms with Gasteiger partial charge in [-0.15, -0.1) is 0 Å². The lowest BCUT2D eigenvalue weighted by molar-refractivity contribution is -0.112. The maximum atomic E-state index is 12.6. The van der Waals surface area contributed by atoms with Crippen molar-refractivity contribution in [3.8, 4) is 11.8 Å². The Kier molecular flexibility index (Phi) is 5.62. The van der Waals surface area contributed by atoms with Crippen LogP contribution in [0.5, 0.6) is 0 Å². The Labute approximate surface area is 168 Å². The maximum absolute atomic E-state index is 12.6. The van der Waals surface area contributed by atoms with Gasteiger partial charge in [0.15, 0.2) is 0 Å². The van der Waals surface area contributed by atoms with Crippen LogP contribution in [-0.2, 0) is 4.79 Å². The molecule has 0 saturated carbocycles. The molecule has 0 aliphatic carbocycles. The number of nitrogens with one attached hydrogen (secondary N) is 1. The van der Waals surface area contributed by atoms with Gasteiger partial charge in [-0.3, -0.25) is 4.79 Å². The highest BCUT2D eigenvalue weighted by Gasteiger charge is 2.14. The van der Waals surface area contributed by atoms with Crippen LogP contribution >= 0.6 is 0 Å². The van der Waals surface area contributed by atoms with E-state index in [1.807, 2.05) is 75.4 Å². The number of benzene rings is 2. The van der Waals surface area contributed by atoms with Crippen LogP contribution in [0.25, 0.3) is 11.8 Å². The van der Waals surface area contributed by atoms with Gasteiger partial charge in [-0.05, 0) is 67.4 Å². The Hall–Kier alpha value is -3.36. The summed E-state index contributed by atoms with van der Waals surface area (Å²) in [5.74, 6) is -0.418. The third-order valence-corrected chi connectivity index (χ3v) is 4.98. The molecule has 1 amide bonds. The number of aryl methyl sites for hydroxylation is 2. The van der Waals surface area contributed by atoms with Crippen molar-refractivity contribution in [1.29, 1.82) is 5.26 Å². The third kappa shape index (κ3) is 3.97. The van der Waals surface area contributed by atoms with Gasteiger partial charge in [0.2, 0.25) is 0 Å².